The zero-order valence-electron chi connectivity index (χ0n) is 13.8. The Kier molecular flexibility index (Phi) is 5.42. The van der Waals surface area contributed by atoms with Crippen molar-refractivity contribution in [2.45, 2.75) is 26.8 Å². The molecule has 0 saturated carbocycles. The van der Waals surface area contributed by atoms with E-state index < -0.39 is 5.91 Å². The third-order valence-electron chi connectivity index (χ3n) is 3.21. The van der Waals surface area contributed by atoms with Crippen LogP contribution in [0.3, 0.4) is 0 Å². The highest BCUT2D eigenvalue weighted by molar-refractivity contribution is 6.06. The fraction of sp³-hybridized carbons (Fsp3) is 0.222. The third-order valence-corrected chi connectivity index (χ3v) is 3.21. The Bertz CT molecular complexity index is 785. The van der Waals surface area contributed by atoms with Crippen LogP contribution >= 0.6 is 0 Å². The van der Waals surface area contributed by atoms with Crippen molar-refractivity contribution in [3.8, 4) is 0 Å². The predicted octanol–water partition coefficient (Wildman–Crippen LogP) is 2.67. The molecule has 2 amide bonds. The number of benzene rings is 1. The van der Waals surface area contributed by atoms with Crippen molar-refractivity contribution in [2.24, 2.45) is 0 Å². The summed E-state index contributed by atoms with van der Waals surface area (Å²) in [7, 11) is 0. The number of anilines is 1. The summed E-state index contributed by atoms with van der Waals surface area (Å²) in [4.78, 5) is 39.7. The predicted molar refractivity (Wildman–Crippen MR) is 91.2 cm³/mol. The Labute approximate surface area is 140 Å². The number of hydrogen-bond acceptors (Lipinski definition) is 4. The maximum atomic E-state index is 12.3. The summed E-state index contributed by atoms with van der Waals surface area (Å²) in [5, 5.41) is 5.44. The van der Waals surface area contributed by atoms with E-state index in [4.69, 9.17) is 0 Å². The van der Waals surface area contributed by atoms with Gasteiger partial charge in [-0.3, -0.25) is 19.4 Å². The van der Waals surface area contributed by atoms with E-state index in [1.807, 2.05) is 13.8 Å². The van der Waals surface area contributed by atoms with Crippen molar-refractivity contribution in [1.82, 2.24) is 10.3 Å². The van der Waals surface area contributed by atoms with Crippen molar-refractivity contribution in [1.29, 1.82) is 0 Å². The summed E-state index contributed by atoms with van der Waals surface area (Å²) in [6.45, 7) is 5.16. The lowest BCUT2D eigenvalue weighted by Crippen LogP contribution is -2.30. The lowest BCUT2D eigenvalue weighted by atomic mass is 10.1. The molecule has 0 radical (unpaired) electrons. The van der Waals surface area contributed by atoms with E-state index in [9.17, 15) is 14.4 Å². The molecule has 0 aliphatic heterocycles. The topological polar surface area (TPSA) is 88.2 Å². The highest BCUT2D eigenvalue weighted by Crippen LogP contribution is 2.13. The van der Waals surface area contributed by atoms with Crippen molar-refractivity contribution in [2.75, 3.05) is 5.32 Å². The maximum Gasteiger partial charge on any atom is 0.257 e. The summed E-state index contributed by atoms with van der Waals surface area (Å²) >= 11 is 0. The molecular formula is C18H19N3O3. The maximum absolute atomic E-state index is 12.3. The van der Waals surface area contributed by atoms with E-state index in [0.717, 1.165) is 0 Å². The van der Waals surface area contributed by atoms with Crippen molar-refractivity contribution < 1.29 is 14.4 Å². The molecule has 0 aliphatic carbocycles. The van der Waals surface area contributed by atoms with Crippen LogP contribution < -0.4 is 10.6 Å². The van der Waals surface area contributed by atoms with Gasteiger partial charge in [0.05, 0.1) is 11.1 Å². The molecule has 1 heterocycles. The Morgan fingerprint density at radius 2 is 1.62 bits per heavy atom. The van der Waals surface area contributed by atoms with E-state index in [1.54, 1.807) is 24.3 Å². The summed E-state index contributed by atoms with van der Waals surface area (Å²) in [6, 6.07) is 8.13. The van der Waals surface area contributed by atoms with Gasteiger partial charge in [0.1, 0.15) is 0 Å². The van der Waals surface area contributed by atoms with Crippen LogP contribution in [0.15, 0.2) is 42.7 Å². The standard InChI is InChI=1S/C18H19N3O3/c1-11(2)20-17(23)14-7-15(10-19-9-14)18(24)21-16-6-4-5-13(8-16)12(3)22/h4-11H,1-3H3,(H,20,23)(H,21,24). The first-order valence-corrected chi connectivity index (χ1v) is 7.55. The molecule has 6 heteroatoms. The zero-order chi connectivity index (χ0) is 17.7. The molecule has 1 aromatic heterocycles. The van der Waals surface area contributed by atoms with Crippen molar-refractivity contribution in [3.63, 3.8) is 0 Å². The minimum absolute atomic E-state index is 0.00990. The number of ketones is 1. The van der Waals surface area contributed by atoms with Gasteiger partial charge < -0.3 is 10.6 Å². The number of nitrogens with zero attached hydrogens (tertiary/aromatic N) is 1. The summed E-state index contributed by atoms with van der Waals surface area (Å²) in [6.07, 6.45) is 2.79. The number of rotatable bonds is 5. The van der Waals surface area contributed by atoms with Gasteiger partial charge in [-0.2, -0.15) is 0 Å². The molecule has 0 fully saturated rings. The zero-order valence-corrected chi connectivity index (χ0v) is 13.8. The number of carbonyl (C=O) groups is 3. The van der Waals surface area contributed by atoms with Crippen LogP contribution in [0.4, 0.5) is 5.69 Å². The number of pyridine rings is 1. The quantitative estimate of drug-likeness (QED) is 0.827. The molecule has 0 unspecified atom stereocenters. The molecule has 0 spiro atoms. The monoisotopic (exact) mass is 325 g/mol. The Hall–Kier alpha value is -3.02. The number of carbonyl (C=O) groups excluding carboxylic acids is 3. The van der Waals surface area contributed by atoms with Crippen LogP contribution in [-0.2, 0) is 0 Å². The van der Waals surface area contributed by atoms with Gasteiger partial charge in [-0.1, -0.05) is 12.1 Å². The average molecular weight is 325 g/mol. The Balaban J connectivity index is 2.17. The first-order chi connectivity index (χ1) is 11.4. The summed E-state index contributed by atoms with van der Waals surface area (Å²) in [5.74, 6) is -0.770. The molecule has 24 heavy (non-hydrogen) atoms. The van der Waals surface area contributed by atoms with E-state index in [-0.39, 0.29) is 23.3 Å². The van der Waals surface area contributed by atoms with Crippen molar-refractivity contribution >= 4 is 23.3 Å². The summed E-state index contributed by atoms with van der Waals surface area (Å²) < 4.78 is 0. The molecule has 0 atom stereocenters. The van der Waals surface area contributed by atoms with Gasteiger partial charge in [0.2, 0.25) is 0 Å². The molecular weight excluding hydrogens is 306 g/mol. The Morgan fingerprint density at radius 1 is 0.958 bits per heavy atom. The van der Waals surface area contributed by atoms with E-state index >= 15 is 0 Å². The van der Waals surface area contributed by atoms with Crippen LogP contribution in [0.5, 0.6) is 0 Å². The summed E-state index contributed by atoms with van der Waals surface area (Å²) in [5.41, 5.74) is 1.59. The molecule has 0 bridgehead atoms. The van der Waals surface area contributed by atoms with Gasteiger partial charge >= 0.3 is 0 Å². The minimum atomic E-state index is -0.401. The highest BCUT2D eigenvalue weighted by atomic mass is 16.2. The number of Topliss-reactive ketones (excluding diaryl/α,β-unsaturated/α-hetero) is 1. The Morgan fingerprint density at radius 3 is 2.25 bits per heavy atom. The number of nitrogens with one attached hydrogen (secondary N) is 2. The highest BCUT2D eigenvalue weighted by Gasteiger charge is 2.12. The van der Waals surface area contributed by atoms with Gasteiger partial charge in [0.15, 0.2) is 5.78 Å². The molecule has 2 rings (SSSR count). The molecule has 2 aromatic rings. The fourth-order valence-corrected chi connectivity index (χ4v) is 2.05. The normalized spacial score (nSPS) is 10.3. The molecule has 2 N–H and O–H groups in total. The van der Waals surface area contributed by atoms with Gasteiger partial charge in [0.25, 0.3) is 11.8 Å². The molecule has 0 saturated heterocycles. The SMILES string of the molecule is CC(=O)c1cccc(NC(=O)c2cncc(C(=O)NC(C)C)c2)c1. The van der Waals surface area contributed by atoms with Gasteiger partial charge in [-0.25, -0.2) is 0 Å². The average Bonchev–Trinajstić information content (AvgIpc) is 2.54. The lowest BCUT2D eigenvalue weighted by Gasteiger charge is -2.09. The molecule has 1 aromatic carbocycles. The van der Waals surface area contributed by atoms with Gasteiger partial charge in [-0.15, -0.1) is 0 Å². The second kappa shape index (κ2) is 7.50. The minimum Gasteiger partial charge on any atom is -0.350 e. The lowest BCUT2D eigenvalue weighted by molar-refractivity contribution is 0.0941. The fourth-order valence-electron chi connectivity index (χ4n) is 2.05. The number of amides is 2. The smallest absolute Gasteiger partial charge is 0.257 e. The largest absolute Gasteiger partial charge is 0.350 e. The van der Waals surface area contributed by atoms with Crippen LogP contribution in [0, 0.1) is 0 Å². The van der Waals surface area contributed by atoms with Crippen molar-refractivity contribution in [3.05, 3.63) is 59.4 Å². The molecule has 0 aliphatic rings. The van der Waals surface area contributed by atoms with E-state index in [1.165, 1.54) is 25.4 Å². The van der Waals surface area contributed by atoms with Crippen LogP contribution in [0.25, 0.3) is 0 Å². The molecule has 6 nitrogen and oxygen atoms in total. The van der Waals surface area contributed by atoms with Crippen LogP contribution in [0.2, 0.25) is 0 Å². The first-order valence-electron chi connectivity index (χ1n) is 7.55. The third kappa shape index (κ3) is 4.49. The van der Waals surface area contributed by atoms with Crippen LogP contribution in [0.1, 0.15) is 51.8 Å². The van der Waals surface area contributed by atoms with E-state index in [2.05, 4.69) is 15.6 Å². The first kappa shape index (κ1) is 17.3. The second-order valence-corrected chi connectivity index (χ2v) is 5.68. The van der Waals surface area contributed by atoms with Crippen LogP contribution in [-0.4, -0.2) is 28.6 Å². The van der Waals surface area contributed by atoms with Gasteiger partial charge in [-0.05, 0) is 39.0 Å². The number of aromatic nitrogens is 1. The van der Waals surface area contributed by atoms with Gasteiger partial charge in [0, 0.05) is 29.7 Å². The van der Waals surface area contributed by atoms with E-state index in [0.29, 0.717) is 16.8 Å². The second-order valence-electron chi connectivity index (χ2n) is 5.68. The molecule has 124 valence electrons. The number of hydrogen-bond donors (Lipinski definition) is 2.